The predicted octanol–water partition coefficient (Wildman–Crippen LogP) is 13.7. The van der Waals surface area contributed by atoms with Crippen LogP contribution in [0.15, 0.2) is 218 Å². The molecule has 290 valence electrons. The van der Waals surface area contributed by atoms with Crippen LogP contribution in [0.25, 0.3) is 112 Å². The van der Waals surface area contributed by atoms with Gasteiger partial charge in [0.05, 0.1) is 0 Å². The fourth-order valence-electron chi connectivity index (χ4n) is 8.20. The molecule has 11 aromatic rings. The quantitative estimate of drug-likeness (QED) is 0.143. The van der Waals surface area contributed by atoms with Gasteiger partial charge in [0.25, 0.3) is 0 Å². The van der Waals surface area contributed by atoms with Gasteiger partial charge in [0.2, 0.25) is 0 Å². The monoisotopic (exact) mass is 792 g/mol. The standard InChI is InChI=1S/C56H36N6/c1-6-18-37(19-7-1)49-47-29-17-16-28-45(47)46-35-34-44(56-61-53(41-24-12-4-13-25-41)58-54(62-56)42-26-14-5-15-27-42)36-48(46)50(49)38-30-32-43(33-31-38)55-59-51(39-20-8-2-9-21-39)57-52(60-55)40-22-10-3-11-23-40/h1-36H. The molecule has 0 aliphatic heterocycles. The van der Waals surface area contributed by atoms with E-state index in [9.17, 15) is 0 Å². The maximum absolute atomic E-state index is 5.11. The minimum absolute atomic E-state index is 0.605. The van der Waals surface area contributed by atoms with E-state index in [1.165, 1.54) is 10.8 Å². The zero-order valence-corrected chi connectivity index (χ0v) is 33.5. The van der Waals surface area contributed by atoms with E-state index >= 15 is 0 Å². The second-order valence-corrected chi connectivity index (χ2v) is 15.1. The maximum Gasteiger partial charge on any atom is 0.164 e. The van der Waals surface area contributed by atoms with Crippen LogP contribution >= 0.6 is 0 Å². The molecule has 0 fully saturated rings. The SMILES string of the molecule is c1ccc(-c2nc(-c3ccccc3)nc(-c3ccc(-c4c(-c5ccccc5)c5ccccc5c5ccc(-c6nc(-c7ccccc7)nc(-c7ccccc7)n6)cc45)cc3)n2)cc1. The maximum atomic E-state index is 5.11. The van der Waals surface area contributed by atoms with Gasteiger partial charge in [-0.05, 0) is 49.9 Å². The third kappa shape index (κ3) is 6.95. The first kappa shape index (κ1) is 36.6. The number of fused-ring (bicyclic) bond motifs is 3. The van der Waals surface area contributed by atoms with Crippen molar-refractivity contribution in [2.75, 3.05) is 0 Å². The van der Waals surface area contributed by atoms with E-state index in [0.717, 1.165) is 66.4 Å². The van der Waals surface area contributed by atoms with E-state index in [4.69, 9.17) is 29.9 Å². The summed E-state index contributed by atoms with van der Waals surface area (Å²) >= 11 is 0. The molecule has 0 amide bonds. The molecular weight excluding hydrogens is 757 g/mol. The molecule has 2 aromatic heterocycles. The van der Waals surface area contributed by atoms with E-state index in [1.807, 2.05) is 121 Å². The largest absolute Gasteiger partial charge is 0.208 e. The van der Waals surface area contributed by atoms with Crippen molar-refractivity contribution >= 4 is 21.5 Å². The van der Waals surface area contributed by atoms with Gasteiger partial charge in [-0.3, -0.25) is 0 Å². The van der Waals surface area contributed by atoms with Crippen molar-refractivity contribution in [1.29, 1.82) is 0 Å². The van der Waals surface area contributed by atoms with Crippen LogP contribution in [0.5, 0.6) is 0 Å². The summed E-state index contributed by atoms with van der Waals surface area (Å²) in [6, 6.07) is 74.9. The minimum Gasteiger partial charge on any atom is -0.208 e. The molecule has 0 aliphatic rings. The molecule has 0 atom stereocenters. The lowest BCUT2D eigenvalue weighted by molar-refractivity contribution is 1.07. The first-order valence-electron chi connectivity index (χ1n) is 20.6. The van der Waals surface area contributed by atoms with Gasteiger partial charge < -0.3 is 0 Å². The molecule has 0 aliphatic carbocycles. The number of hydrogen-bond acceptors (Lipinski definition) is 6. The van der Waals surface area contributed by atoms with Crippen LogP contribution in [0, 0.1) is 0 Å². The summed E-state index contributed by atoms with van der Waals surface area (Å²) in [5.74, 6) is 3.71. The van der Waals surface area contributed by atoms with Crippen molar-refractivity contribution < 1.29 is 0 Å². The molecule has 0 saturated carbocycles. The van der Waals surface area contributed by atoms with Crippen LogP contribution < -0.4 is 0 Å². The third-order valence-corrected chi connectivity index (χ3v) is 11.2. The number of nitrogens with zero attached hydrogens (tertiary/aromatic N) is 6. The highest BCUT2D eigenvalue weighted by molar-refractivity contribution is 6.22. The fraction of sp³-hybridized carbons (Fsp3) is 0. The normalized spacial score (nSPS) is 11.2. The van der Waals surface area contributed by atoms with Crippen molar-refractivity contribution in [3.63, 3.8) is 0 Å². The van der Waals surface area contributed by atoms with Gasteiger partial charge >= 0.3 is 0 Å². The molecule has 62 heavy (non-hydrogen) atoms. The second-order valence-electron chi connectivity index (χ2n) is 15.1. The van der Waals surface area contributed by atoms with Gasteiger partial charge in [-0.25, -0.2) is 29.9 Å². The van der Waals surface area contributed by atoms with Gasteiger partial charge in [-0.1, -0.05) is 212 Å². The molecule has 2 heterocycles. The Morgan fingerprint density at radius 1 is 0.177 bits per heavy atom. The highest BCUT2D eigenvalue weighted by Crippen LogP contribution is 2.46. The fourth-order valence-corrected chi connectivity index (χ4v) is 8.20. The van der Waals surface area contributed by atoms with Crippen molar-refractivity contribution in [2.24, 2.45) is 0 Å². The summed E-state index contributed by atoms with van der Waals surface area (Å²) in [4.78, 5) is 30.1. The highest BCUT2D eigenvalue weighted by atomic mass is 15.0. The van der Waals surface area contributed by atoms with Crippen LogP contribution in [0.3, 0.4) is 0 Å². The van der Waals surface area contributed by atoms with Crippen molar-refractivity contribution in [3.8, 4) is 90.6 Å². The third-order valence-electron chi connectivity index (χ3n) is 11.2. The molecular formula is C56H36N6. The molecule has 0 N–H and O–H groups in total. The Morgan fingerprint density at radius 2 is 0.435 bits per heavy atom. The molecule has 0 unspecified atom stereocenters. The first-order valence-corrected chi connectivity index (χ1v) is 20.6. The summed E-state index contributed by atoms with van der Waals surface area (Å²) in [6.45, 7) is 0. The van der Waals surface area contributed by atoms with Gasteiger partial charge in [0.15, 0.2) is 34.9 Å². The van der Waals surface area contributed by atoms with E-state index in [2.05, 4.69) is 97.1 Å². The molecule has 0 spiro atoms. The van der Waals surface area contributed by atoms with Crippen LogP contribution in [0.4, 0.5) is 0 Å². The van der Waals surface area contributed by atoms with Crippen LogP contribution in [-0.4, -0.2) is 29.9 Å². The highest BCUT2D eigenvalue weighted by Gasteiger charge is 2.21. The average molecular weight is 793 g/mol. The van der Waals surface area contributed by atoms with Gasteiger partial charge in [-0.15, -0.1) is 0 Å². The molecule has 6 nitrogen and oxygen atoms in total. The molecule has 0 radical (unpaired) electrons. The minimum atomic E-state index is 0.605. The second kappa shape index (κ2) is 15.9. The van der Waals surface area contributed by atoms with Crippen LogP contribution in [-0.2, 0) is 0 Å². The summed E-state index contributed by atoms with van der Waals surface area (Å²) < 4.78 is 0. The Bertz CT molecular complexity index is 3250. The van der Waals surface area contributed by atoms with Crippen LogP contribution in [0.2, 0.25) is 0 Å². The topological polar surface area (TPSA) is 77.3 Å². The summed E-state index contributed by atoms with van der Waals surface area (Å²) in [5.41, 5.74) is 9.97. The zero-order valence-electron chi connectivity index (χ0n) is 33.5. The zero-order chi connectivity index (χ0) is 41.2. The molecule has 0 saturated heterocycles. The molecule has 11 rings (SSSR count). The molecule has 9 aromatic carbocycles. The van der Waals surface area contributed by atoms with Crippen molar-refractivity contribution in [2.45, 2.75) is 0 Å². The van der Waals surface area contributed by atoms with Crippen molar-refractivity contribution in [1.82, 2.24) is 29.9 Å². The van der Waals surface area contributed by atoms with E-state index in [1.54, 1.807) is 0 Å². The smallest absolute Gasteiger partial charge is 0.164 e. The lowest BCUT2D eigenvalue weighted by Crippen LogP contribution is -2.00. The van der Waals surface area contributed by atoms with Crippen LogP contribution in [0.1, 0.15) is 0 Å². The Labute approximate surface area is 359 Å². The van der Waals surface area contributed by atoms with E-state index in [0.29, 0.717) is 34.9 Å². The number of benzene rings is 9. The predicted molar refractivity (Wildman–Crippen MR) is 252 cm³/mol. The van der Waals surface area contributed by atoms with Gasteiger partial charge in [0, 0.05) is 33.4 Å². The van der Waals surface area contributed by atoms with Gasteiger partial charge in [0.1, 0.15) is 0 Å². The Morgan fingerprint density at radius 3 is 0.855 bits per heavy atom. The van der Waals surface area contributed by atoms with Crippen molar-refractivity contribution in [3.05, 3.63) is 218 Å². The Balaban J connectivity index is 1.13. The average Bonchev–Trinajstić information content (AvgIpc) is 3.37. The van der Waals surface area contributed by atoms with E-state index in [-0.39, 0.29) is 0 Å². The molecule has 0 bridgehead atoms. The van der Waals surface area contributed by atoms with Gasteiger partial charge in [-0.2, -0.15) is 0 Å². The number of aromatic nitrogens is 6. The summed E-state index contributed by atoms with van der Waals surface area (Å²) in [6.07, 6.45) is 0. The Hall–Kier alpha value is -8.48. The summed E-state index contributed by atoms with van der Waals surface area (Å²) in [5, 5.41) is 4.58. The lowest BCUT2D eigenvalue weighted by atomic mass is 9.84. The summed E-state index contributed by atoms with van der Waals surface area (Å²) in [7, 11) is 0. The molecule has 6 heteroatoms. The van der Waals surface area contributed by atoms with E-state index < -0.39 is 0 Å². The number of rotatable bonds is 8. The Kier molecular flexibility index (Phi) is 9.41. The lowest BCUT2D eigenvalue weighted by Gasteiger charge is -2.19. The first-order chi connectivity index (χ1) is 30.7. The number of hydrogen-bond donors (Lipinski definition) is 0.